The van der Waals surface area contributed by atoms with Gasteiger partial charge in [-0.15, -0.1) is 0 Å². The Morgan fingerprint density at radius 2 is 1.82 bits per heavy atom. The topological polar surface area (TPSA) is 15.8 Å². The Bertz CT molecular complexity index is 688. The van der Waals surface area contributed by atoms with Gasteiger partial charge in [-0.2, -0.15) is 0 Å². The van der Waals surface area contributed by atoms with Gasteiger partial charge in [0.15, 0.2) is 0 Å². The average molecular weight is 246 g/mol. The molecule has 3 aromatic rings. The molecule has 3 heteroatoms. The van der Waals surface area contributed by atoms with Crippen LogP contribution < -0.4 is 0 Å². The van der Waals surface area contributed by atoms with E-state index in [0.29, 0.717) is 10.5 Å². The van der Waals surface area contributed by atoms with Crippen LogP contribution in [0.15, 0.2) is 48.5 Å². The molecule has 0 fully saturated rings. The van der Waals surface area contributed by atoms with Gasteiger partial charge in [0.1, 0.15) is 5.82 Å². The zero-order chi connectivity index (χ0) is 11.8. The van der Waals surface area contributed by atoms with E-state index >= 15 is 0 Å². The summed E-state index contributed by atoms with van der Waals surface area (Å²) >= 11 is 6.11. The smallest absolute Gasteiger partial charge is 0.147 e. The summed E-state index contributed by atoms with van der Waals surface area (Å²) < 4.78 is 13.6. The van der Waals surface area contributed by atoms with Crippen molar-refractivity contribution in [2.75, 3.05) is 0 Å². The summed E-state index contributed by atoms with van der Waals surface area (Å²) in [5, 5.41) is 1.50. The van der Waals surface area contributed by atoms with E-state index < -0.39 is 0 Å². The van der Waals surface area contributed by atoms with E-state index in [2.05, 4.69) is 4.98 Å². The lowest BCUT2D eigenvalue weighted by Crippen LogP contribution is -1.79. The Morgan fingerprint density at radius 1 is 1.00 bits per heavy atom. The summed E-state index contributed by atoms with van der Waals surface area (Å²) in [5.74, 6) is -0.249. The highest BCUT2D eigenvalue weighted by Gasteiger charge is 2.08. The summed E-state index contributed by atoms with van der Waals surface area (Å²) in [7, 11) is 0. The Kier molecular flexibility index (Phi) is 2.37. The predicted molar refractivity (Wildman–Crippen MR) is 68.7 cm³/mol. The second-order valence-corrected chi connectivity index (χ2v) is 4.27. The van der Waals surface area contributed by atoms with E-state index in [4.69, 9.17) is 11.6 Å². The van der Waals surface area contributed by atoms with Crippen LogP contribution in [0.5, 0.6) is 0 Å². The van der Waals surface area contributed by atoms with Crippen molar-refractivity contribution in [2.24, 2.45) is 0 Å². The minimum absolute atomic E-state index is 0.249. The van der Waals surface area contributed by atoms with Crippen LogP contribution in [-0.4, -0.2) is 4.98 Å². The minimum Gasteiger partial charge on any atom is -0.352 e. The Labute approximate surface area is 103 Å². The molecule has 2 aromatic carbocycles. The lowest BCUT2D eigenvalue weighted by molar-refractivity contribution is 0.637. The number of nitrogens with one attached hydrogen (secondary N) is 1. The zero-order valence-corrected chi connectivity index (χ0v) is 9.63. The van der Waals surface area contributed by atoms with Gasteiger partial charge in [-0.1, -0.05) is 41.9 Å². The monoisotopic (exact) mass is 245 g/mol. The van der Waals surface area contributed by atoms with Crippen molar-refractivity contribution in [1.29, 1.82) is 0 Å². The molecule has 1 aromatic heterocycles. The molecule has 0 bridgehead atoms. The third-order valence-electron chi connectivity index (χ3n) is 2.77. The second kappa shape index (κ2) is 3.90. The van der Waals surface area contributed by atoms with Gasteiger partial charge in [-0.05, 0) is 18.2 Å². The van der Waals surface area contributed by atoms with Crippen molar-refractivity contribution in [1.82, 2.24) is 4.98 Å². The number of rotatable bonds is 1. The summed E-state index contributed by atoms with van der Waals surface area (Å²) in [5.41, 5.74) is 2.22. The third-order valence-corrected chi connectivity index (χ3v) is 3.10. The number of hydrogen-bond acceptors (Lipinski definition) is 0. The maximum absolute atomic E-state index is 13.6. The van der Waals surface area contributed by atoms with E-state index in [1.54, 1.807) is 6.07 Å². The lowest BCUT2D eigenvalue weighted by Gasteiger charge is -1.99. The summed E-state index contributed by atoms with van der Waals surface area (Å²) in [6.07, 6.45) is 0. The van der Waals surface area contributed by atoms with Crippen LogP contribution in [0.4, 0.5) is 4.39 Å². The van der Waals surface area contributed by atoms with Gasteiger partial charge >= 0.3 is 0 Å². The fraction of sp³-hybridized carbons (Fsp3) is 0. The van der Waals surface area contributed by atoms with Gasteiger partial charge in [0.05, 0.1) is 5.52 Å². The standard InChI is InChI=1S/C14H9ClFN/c15-11-6-2-1-5-10(11)13-8-9-4-3-7-12(16)14(9)17-13/h1-8,17H. The summed E-state index contributed by atoms with van der Waals surface area (Å²) in [6, 6.07) is 14.4. The molecule has 1 heterocycles. The van der Waals surface area contributed by atoms with Crippen LogP contribution in [0, 0.1) is 5.82 Å². The molecule has 17 heavy (non-hydrogen) atoms. The first kappa shape index (κ1) is 10.4. The van der Waals surface area contributed by atoms with Crippen molar-refractivity contribution >= 4 is 22.5 Å². The fourth-order valence-electron chi connectivity index (χ4n) is 1.94. The Balaban J connectivity index is 2.26. The maximum atomic E-state index is 13.6. The van der Waals surface area contributed by atoms with E-state index in [-0.39, 0.29) is 5.82 Å². The number of H-pyrrole nitrogens is 1. The first-order chi connectivity index (χ1) is 8.25. The highest BCUT2D eigenvalue weighted by Crippen LogP contribution is 2.30. The van der Waals surface area contributed by atoms with Crippen molar-refractivity contribution in [3.63, 3.8) is 0 Å². The van der Waals surface area contributed by atoms with Crippen LogP contribution in [0.3, 0.4) is 0 Å². The van der Waals surface area contributed by atoms with Gasteiger partial charge in [0.25, 0.3) is 0 Å². The van der Waals surface area contributed by atoms with Crippen molar-refractivity contribution in [3.8, 4) is 11.3 Å². The normalized spacial score (nSPS) is 10.9. The molecule has 0 unspecified atom stereocenters. The molecule has 0 aliphatic carbocycles. The molecule has 84 valence electrons. The molecular weight excluding hydrogens is 237 g/mol. The van der Waals surface area contributed by atoms with Crippen molar-refractivity contribution < 1.29 is 4.39 Å². The molecule has 0 spiro atoms. The number of halogens is 2. The van der Waals surface area contributed by atoms with E-state index in [1.165, 1.54) is 6.07 Å². The van der Waals surface area contributed by atoms with Gasteiger partial charge in [-0.25, -0.2) is 4.39 Å². The number of aromatic amines is 1. The fourth-order valence-corrected chi connectivity index (χ4v) is 2.18. The molecule has 0 aliphatic rings. The molecule has 0 radical (unpaired) electrons. The molecule has 1 N–H and O–H groups in total. The highest BCUT2D eigenvalue weighted by molar-refractivity contribution is 6.33. The van der Waals surface area contributed by atoms with Crippen molar-refractivity contribution in [2.45, 2.75) is 0 Å². The van der Waals surface area contributed by atoms with Crippen LogP contribution in [0.1, 0.15) is 0 Å². The minimum atomic E-state index is -0.249. The number of benzene rings is 2. The predicted octanol–water partition coefficient (Wildman–Crippen LogP) is 4.63. The van der Waals surface area contributed by atoms with Crippen LogP contribution in [0.2, 0.25) is 5.02 Å². The molecule has 0 saturated carbocycles. The van der Waals surface area contributed by atoms with Gasteiger partial charge in [0, 0.05) is 21.7 Å². The molecule has 0 atom stereocenters. The summed E-state index contributed by atoms with van der Waals surface area (Å²) in [4.78, 5) is 3.06. The largest absolute Gasteiger partial charge is 0.352 e. The lowest BCUT2D eigenvalue weighted by atomic mass is 10.1. The highest BCUT2D eigenvalue weighted by atomic mass is 35.5. The number of para-hydroxylation sites is 1. The second-order valence-electron chi connectivity index (χ2n) is 3.87. The Morgan fingerprint density at radius 3 is 2.59 bits per heavy atom. The summed E-state index contributed by atoms with van der Waals surface area (Å²) in [6.45, 7) is 0. The average Bonchev–Trinajstić information content (AvgIpc) is 2.75. The van der Waals surface area contributed by atoms with Gasteiger partial charge in [0.2, 0.25) is 0 Å². The van der Waals surface area contributed by atoms with Gasteiger partial charge < -0.3 is 4.98 Å². The number of fused-ring (bicyclic) bond motifs is 1. The number of aromatic nitrogens is 1. The molecule has 1 nitrogen and oxygen atoms in total. The van der Waals surface area contributed by atoms with Crippen LogP contribution in [-0.2, 0) is 0 Å². The number of hydrogen-bond donors (Lipinski definition) is 1. The molecule has 3 rings (SSSR count). The van der Waals surface area contributed by atoms with E-state index in [9.17, 15) is 4.39 Å². The molecule has 0 amide bonds. The quantitative estimate of drug-likeness (QED) is 0.644. The third kappa shape index (κ3) is 1.71. The van der Waals surface area contributed by atoms with Crippen LogP contribution >= 0.6 is 11.6 Å². The first-order valence-electron chi connectivity index (χ1n) is 5.28. The zero-order valence-electron chi connectivity index (χ0n) is 8.87. The SMILES string of the molecule is Fc1cccc2cc(-c3ccccc3Cl)[nH]c12. The molecule has 0 saturated heterocycles. The van der Waals surface area contributed by atoms with Crippen molar-refractivity contribution in [3.05, 3.63) is 59.4 Å². The molecular formula is C14H9ClFN. The maximum Gasteiger partial charge on any atom is 0.147 e. The Hall–Kier alpha value is -1.80. The molecule has 0 aliphatic heterocycles. The van der Waals surface area contributed by atoms with Crippen LogP contribution in [0.25, 0.3) is 22.2 Å². The first-order valence-corrected chi connectivity index (χ1v) is 5.65. The van der Waals surface area contributed by atoms with Gasteiger partial charge in [-0.3, -0.25) is 0 Å². The van der Waals surface area contributed by atoms with E-state index in [0.717, 1.165) is 16.6 Å². The van der Waals surface area contributed by atoms with E-state index in [1.807, 2.05) is 36.4 Å².